The predicted molar refractivity (Wildman–Crippen MR) is 110 cm³/mol. The number of hydrogen-bond acceptors (Lipinski definition) is 5. The van der Waals surface area contributed by atoms with Gasteiger partial charge < -0.3 is 4.74 Å². The number of halogens is 1. The van der Waals surface area contributed by atoms with Crippen LogP contribution in [0.15, 0.2) is 59.7 Å². The smallest absolute Gasteiger partial charge is 0.247 e. The molecule has 0 fully saturated rings. The van der Waals surface area contributed by atoms with Gasteiger partial charge in [-0.25, -0.2) is 13.4 Å². The van der Waals surface area contributed by atoms with E-state index in [9.17, 15) is 8.42 Å². The van der Waals surface area contributed by atoms with E-state index in [1.54, 1.807) is 7.11 Å². The lowest BCUT2D eigenvalue weighted by molar-refractivity contribution is 0.374. The molecule has 28 heavy (non-hydrogen) atoms. The molecule has 8 heteroatoms. The average Bonchev–Trinajstić information content (AvgIpc) is 3.13. The van der Waals surface area contributed by atoms with Gasteiger partial charge in [-0.2, -0.15) is 9.52 Å². The number of sulfonamides is 1. The van der Waals surface area contributed by atoms with Crippen LogP contribution in [0.4, 0.5) is 0 Å². The van der Waals surface area contributed by atoms with E-state index in [-0.39, 0.29) is 5.15 Å². The van der Waals surface area contributed by atoms with Gasteiger partial charge in [-0.3, -0.25) is 0 Å². The number of ether oxygens (including phenoxy) is 1. The first kappa shape index (κ1) is 18.7. The quantitative estimate of drug-likeness (QED) is 0.603. The second-order valence-electron chi connectivity index (χ2n) is 6.59. The van der Waals surface area contributed by atoms with E-state index in [4.69, 9.17) is 16.3 Å². The number of aromatic nitrogens is 1. The molecule has 0 amide bonds. The SMILES string of the molecule is COc1ccc(C2=NN(S(C)(=O)=O)[C@@H](c3cc4ccccc4nc3Cl)C2)cc1. The molecule has 0 saturated carbocycles. The van der Waals surface area contributed by atoms with Gasteiger partial charge in [0.1, 0.15) is 10.9 Å². The molecule has 0 unspecified atom stereocenters. The Morgan fingerprint density at radius 2 is 1.86 bits per heavy atom. The average molecular weight is 416 g/mol. The van der Waals surface area contributed by atoms with Crippen LogP contribution in [0.5, 0.6) is 5.75 Å². The highest BCUT2D eigenvalue weighted by molar-refractivity contribution is 7.88. The summed E-state index contributed by atoms with van der Waals surface area (Å²) in [6.45, 7) is 0. The van der Waals surface area contributed by atoms with Gasteiger partial charge in [0.15, 0.2) is 0 Å². The molecular formula is C20H18ClN3O3S. The second kappa shape index (κ2) is 7.07. The molecule has 0 bridgehead atoms. The van der Waals surface area contributed by atoms with Crippen LogP contribution >= 0.6 is 11.6 Å². The number of hydrazone groups is 1. The zero-order valence-electron chi connectivity index (χ0n) is 15.3. The Morgan fingerprint density at radius 1 is 1.14 bits per heavy atom. The number of hydrogen-bond donors (Lipinski definition) is 0. The highest BCUT2D eigenvalue weighted by atomic mass is 35.5. The number of nitrogens with zero attached hydrogens (tertiary/aromatic N) is 3. The molecule has 2 aromatic carbocycles. The fraction of sp³-hybridized carbons (Fsp3) is 0.200. The molecular weight excluding hydrogens is 398 g/mol. The van der Waals surface area contributed by atoms with Crippen LogP contribution in [0, 0.1) is 0 Å². The molecule has 144 valence electrons. The Bertz CT molecular complexity index is 1180. The summed E-state index contributed by atoms with van der Waals surface area (Å²) in [7, 11) is -1.99. The molecule has 6 nitrogen and oxygen atoms in total. The summed E-state index contributed by atoms with van der Waals surface area (Å²) in [5.74, 6) is 0.723. The molecule has 1 aliphatic heterocycles. The van der Waals surface area contributed by atoms with Crippen LogP contribution in [0.2, 0.25) is 5.15 Å². The molecule has 0 radical (unpaired) electrons. The maximum atomic E-state index is 12.4. The van der Waals surface area contributed by atoms with Gasteiger partial charge >= 0.3 is 0 Å². The van der Waals surface area contributed by atoms with Gasteiger partial charge in [0.25, 0.3) is 0 Å². The van der Waals surface area contributed by atoms with E-state index in [2.05, 4.69) is 10.1 Å². The van der Waals surface area contributed by atoms with Crippen molar-refractivity contribution in [3.63, 3.8) is 0 Å². The Labute approximate surface area is 168 Å². The number of pyridine rings is 1. The third-order valence-corrected chi connectivity index (χ3v) is 6.02. The van der Waals surface area contributed by atoms with Crippen molar-refractivity contribution in [3.05, 3.63) is 70.9 Å². The van der Waals surface area contributed by atoms with Gasteiger partial charge in [0.2, 0.25) is 10.0 Å². The maximum absolute atomic E-state index is 12.4. The predicted octanol–water partition coefficient (Wildman–Crippen LogP) is 4.01. The lowest BCUT2D eigenvalue weighted by atomic mass is 9.99. The van der Waals surface area contributed by atoms with Gasteiger partial charge in [0, 0.05) is 17.4 Å². The van der Waals surface area contributed by atoms with Crippen molar-refractivity contribution in [1.29, 1.82) is 0 Å². The van der Waals surface area contributed by atoms with Crippen molar-refractivity contribution in [2.75, 3.05) is 13.4 Å². The van der Waals surface area contributed by atoms with E-state index in [0.717, 1.165) is 32.9 Å². The molecule has 1 aliphatic rings. The number of para-hydroxylation sites is 1. The van der Waals surface area contributed by atoms with Crippen molar-refractivity contribution in [3.8, 4) is 5.75 Å². The van der Waals surface area contributed by atoms with Gasteiger partial charge in [-0.05, 0) is 42.0 Å². The highest BCUT2D eigenvalue weighted by Crippen LogP contribution is 2.38. The summed E-state index contributed by atoms with van der Waals surface area (Å²) in [6, 6.07) is 16.3. The first-order chi connectivity index (χ1) is 13.4. The topological polar surface area (TPSA) is 71.9 Å². The minimum atomic E-state index is -3.59. The number of methoxy groups -OCH3 is 1. The third kappa shape index (κ3) is 3.43. The van der Waals surface area contributed by atoms with E-state index in [0.29, 0.717) is 17.7 Å². The zero-order valence-corrected chi connectivity index (χ0v) is 16.9. The molecule has 2 heterocycles. The van der Waals surface area contributed by atoms with Gasteiger partial charge in [0.05, 0.1) is 30.6 Å². The summed E-state index contributed by atoms with van der Waals surface area (Å²) < 4.78 is 31.1. The standard InChI is InChI=1S/C20H18ClN3O3S/c1-27-15-9-7-13(8-10-15)18-12-19(24(23-18)28(2,25)26)16-11-14-5-3-4-6-17(14)22-20(16)21/h3-11,19H,12H2,1-2H3/t19-/m1/s1. The van der Waals surface area contributed by atoms with Crippen LogP contribution in [0.25, 0.3) is 10.9 Å². The minimum absolute atomic E-state index is 0.281. The Balaban J connectivity index is 1.77. The van der Waals surface area contributed by atoms with Crippen molar-refractivity contribution >= 4 is 38.2 Å². The first-order valence-corrected chi connectivity index (χ1v) is 10.9. The monoisotopic (exact) mass is 415 g/mol. The van der Waals surface area contributed by atoms with Crippen molar-refractivity contribution in [1.82, 2.24) is 9.40 Å². The van der Waals surface area contributed by atoms with Crippen LogP contribution in [0.3, 0.4) is 0 Å². The molecule has 4 rings (SSSR count). The number of benzene rings is 2. The molecule has 1 aromatic heterocycles. The van der Waals surface area contributed by atoms with Crippen molar-refractivity contribution in [2.45, 2.75) is 12.5 Å². The van der Waals surface area contributed by atoms with E-state index >= 15 is 0 Å². The Hall–Kier alpha value is -2.64. The molecule has 0 N–H and O–H groups in total. The second-order valence-corrected chi connectivity index (χ2v) is 8.79. The summed E-state index contributed by atoms with van der Waals surface area (Å²) >= 11 is 6.43. The minimum Gasteiger partial charge on any atom is -0.497 e. The molecule has 0 aliphatic carbocycles. The third-order valence-electron chi connectivity index (χ3n) is 4.70. The molecule has 1 atom stereocenters. The largest absolute Gasteiger partial charge is 0.497 e. The van der Waals surface area contributed by atoms with Crippen LogP contribution < -0.4 is 4.74 Å². The van der Waals surface area contributed by atoms with E-state index in [1.807, 2.05) is 54.6 Å². The van der Waals surface area contributed by atoms with E-state index in [1.165, 1.54) is 0 Å². The fourth-order valence-electron chi connectivity index (χ4n) is 3.33. The first-order valence-electron chi connectivity index (χ1n) is 8.63. The lowest BCUT2D eigenvalue weighted by Crippen LogP contribution is -2.26. The van der Waals surface area contributed by atoms with Crippen molar-refractivity contribution < 1.29 is 13.2 Å². The molecule has 0 spiro atoms. The van der Waals surface area contributed by atoms with Crippen molar-refractivity contribution in [2.24, 2.45) is 5.10 Å². The zero-order chi connectivity index (χ0) is 19.9. The summed E-state index contributed by atoms with van der Waals surface area (Å²) in [6.07, 6.45) is 1.54. The van der Waals surface area contributed by atoms with Crippen LogP contribution in [-0.4, -0.2) is 36.9 Å². The normalized spacial score (nSPS) is 17.0. The molecule has 3 aromatic rings. The van der Waals surface area contributed by atoms with Gasteiger partial charge in [-0.1, -0.05) is 29.8 Å². The number of rotatable bonds is 4. The van der Waals surface area contributed by atoms with Crippen LogP contribution in [-0.2, 0) is 10.0 Å². The highest BCUT2D eigenvalue weighted by Gasteiger charge is 2.36. The summed E-state index contributed by atoms with van der Waals surface area (Å²) in [4.78, 5) is 4.43. The van der Waals surface area contributed by atoms with Gasteiger partial charge in [-0.15, -0.1) is 0 Å². The Morgan fingerprint density at radius 3 is 2.54 bits per heavy atom. The van der Waals surface area contributed by atoms with E-state index < -0.39 is 16.1 Å². The summed E-state index contributed by atoms with van der Waals surface area (Å²) in [5.41, 5.74) is 2.90. The maximum Gasteiger partial charge on any atom is 0.247 e. The lowest BCUT2D eigenvalue weighted by Gasteiger charge is -2.22. The molecule has 0 saturated heterocycles. The Kier molecular flexibility index (Phi) is 4.72. The van der Waals surface area contributed by atoms with Crippen LogP contribution in [0.1, 0.15) is 23.6 Å². The summed E-state index contributed by atoms with van der Waals surface area (Å²) in [5, 5.41) is 5.58. The number of fused-ring (bicyclic) bond motifs is 1. The fourth-order valence-corrected chi connectivity index (χ4v) is 4.50.